The van der Waals surface area contributed by atoms with Gasteiger partial charge in [-0.1, -0.05) is 36.4 Å². The lowest BCUT2D eigenvalue weighted by molar-refractivity contribution is -0.125. The summed E-state index contributed by atoms with van der Waals surface area (Å²) in [5, 5.41) is 0. The smallest absolute Gasteiger partial charge is 0.418 e. The van der Waals surface area contributed by atoms with Crippen LogP contribution < -0.4 is 0 Å². The first kappa shape index (κ1) is 13.3. The lowest BCUT2D eigenvalue weighted by Crippen LogP contribution is -2.39. The summed E-state index contributed by atoms with van der Waals surface area (Å²) in [6.45, 7) is 5.32. The number of carbonyl (C=O) groups excluding carboxylic acids is 2. The van der Waals surface area contributed by atoms with Gasteiger partial charge in [-0.3, -0.25) is 4.79 Å². The molecule has 1 heterocycles. The number of benzene rings is 1. The number of carbonyl (C=O) groups is 2. The molecule has 2 rings (SSSR count). The van der Waals surface area contributed by atoms with E-state index in [0.29, 0.717) is 0 Å². The largest absolute Gasteiger partial charge is 0.443 e. The van der Waals surface area contributed by atoms with Gasteiger partial charge in [-0.2, -0.15) is 0 Å². The maximum Gasteiger partial charge on any atom is 0.418 e. The molecule has 0 fully saturated rings. The Kier molecular flexibility index (Phi) is 3.42. The molecule has 0 aromatic heterocycles. The summed E-state index contributed by atoms with van der Waals surface area (Å²) < 4.78 is 5.27. The van der Waals surface area contributed by atoms with E-state index < -0.39 is 11.7 Å². The lowest BCUT2D eigenvalue weighted by Gasteiger charge is -2.27. The Morgan fingerprint density at radius 1 is 1.21 bits per heavy atom. The molecule has 0 spiro atoms. The zero-order valence-corrected chi connectivity index (χ0v) is 11.3. The first-order valence-corrected chi connectivity index (χ1v) is 6.18. The minimum atomic E-state index is -0.624. The SMILES string of the molecule is CC(C)(C)OC(=O)N1C(=O)C=CC1c1ccccc1. The van der Waals surface area contributed by atoms with Gasteiger partial charge in [0.05, 0.1) is 6.04 Å². The maximum absolute atomic E-state index is 12.1. The van der Waals surface area contributed by atoms with E-state index in [1.165, 1.54) is 6.08 Å². The molecule has 1 aliphatic rings. The van der Waals surface area contributed by atoms with Crippen molar-refractivity contribution in [3.05, 3.63) is 48.0 Å². The normalized spacial score (nSPS) is 18.8. The molecule has 0 radical (unpaired) electrons. The van der Waals surface area contributed by atoms with Gasteiger partial charge in [0, 0.05) is 6.08 Å². The first-order valence-electron chi connectivity index (χ1n) is 6.18. The number of imide groups is 1. The number of hydrogen-bond donors (Lipinski definition) is 0. The number of amides is 2. The summed E-state index contributed by atoms with van der Waals surface area (Å²) in [7, 11) is 0. The highest BCUT2D eigenvalue weighted by atomic mass is 16.6. The Bertz CT molecular complexity index is 514. The lowest BCUT2D eigenvalue weighted by atomic mass is 10.1. The third-order valence-electron chi connectivity index (χ3n) is 2.67. The van der Waals surface area contributed by atoms with Crippen LogP contribution in [0.3, 0.4) is 0 Å². The van der Waals surface area contributed by atoms with Crippen molar-refractivity contribution in [1.82, 2.24) is 4.90 Å². The summed E-state index contributed by atoms with van der Waals surface area (Å²) in [6.07, 6.45) is 2.50. The van der Waals surface area contributed by atoms with Gasteiger partial charge in [0.2, 0.25) is 0 Å². The molecule has 1 atom stereocenters. The zero-order valence-electron chi connectivity index (χ0n) is 11.3. The van der Waals surface area contributed by atoms with Gasteiger partial charge in [0.25, 0.3) is 5.91 Å². The fourth-order valence-corrected chi connectivity index (χ4v) is 1.90. The number of ether oxygens (including phenoxy) is 1. The summed E-state index contributed by atoms with van der Waals surface area (Å²) >= 11 is 0. The van der Waals surface area contributed by atoms with Gasteiger partial charge in [-0.15, -0.1) is 0 Å². The van der Waals surface area contributed by atoms with Crippen LogP contribution >= 0.6 is 0 Å². The summed E-state index contributed by atoms with van der Waals surface area (Å²) in [6, 6.07) is 9.01. The summed E-state index contributed by atoms with van der Waals surface area (Å²) in [4.78, 5) is 25.1. The van der Waals surface area contributed by atoms with E-state index in [1.54, 1.807) is 26.8 Å². The van der Waals surface area contributed by atoms with Crippen molar-refractivity contribution in [2.45, 2.75) is 32.4 Å². The van der Waals surface area contributed by atoms with E-state index >= 15 is 0 Å². The fourth-order valence-electron chi connectivity index (χ4n) is 1.90. The highest BCUT2D eigenvalue weighted by Gasteiger charge is 2.35. The van der Waals surface area contributed by atoms with Crippen LogP contribution in [-0.2, 0) is 9.53 Å². The van der Waals surface area contributed by atoms with Crippen LogP contribution in [0.15, 0.2) is 42.5 Å². The van der Waals surface area contributed by atoms with Crippen LogP contribution in [0, 0.1) is 0 Å². The van der Waals surface area contributed by atoms with Crippen LogP contribution in [0.25, 0.3) is 0 Å². The molecule has 19 heavy (non-hydrogen) atoms. The molecule has 0 N–H and O–H groups in total. The van der Waals surface area contributed by atoms with E-state index in [0.717, 1.165) is 10.5 Å². The van der Waals surface area contributed by atoms with E-state index in [9.17, 15) is 9.59 Å². The van der Waals surface area contributed by atoms with Gasteiger partial charge in [0.1, 0.15) is 5.60 Å². The number of hydrogen-bond acceptors (Lipinski definition) is 3. The Balaban J connectivity index is 2.23. The monoisotopic (exact) mass is 259 g/mol. The number of rotatable bonds is 1. The molecule has 0 saturated heterocycles. The average molecular weight is 259 g/mol. The fraction of sp³-hybridized carbons (Fsp3) is 0.333. The number of nitrogens with zero attached hydrogens (tertiary/aromatic N) is 1. The van der Waals surface area contributed by atoms with Crippen molar-refractivity contribution in [1.29, 1.82) is 0 Å². The van der Waals surface area contributed by atoms with Crippen LogP contribution in [0.1, 0.15) is 32.4 Å². The Hall–Kier alpha value is -2.10. The van der Waals surface area contributed by atoms with E-state index in [2.05, 4.69) is 0 Å². The third-order valence-corrected chi connectivity index (χ3v) is 2.67. The van der Waals surface area contributed by atoms with Crippen molar-refractivity contribution < 1.29 is 14.3 Å². The van der Waals surface area contributed by atoms with Crippen molar-refractivity contribution in [2.75, 3.05) is 0 Å². The predicted molar refractivity (Wildman–Crippen MR) is 71.4 cm³/mol. The molecule has 1 unspecified atom stereocenters. The van der Waals surface area contributed by atoms with Gasteiger partial charge in [-0.05, 0) is 26.3 Å². The van der Waals surface area contributed by atoms with Crippen LogP contribution in [0.5, 0.6) is 0 Å². The minimum absolute atomic E-state index is 0.344. The average Bonchev–Trinajstić information content (AvgIpc) is 2.70. The molecule has 0 saturated carbocycles. The second kappa shape index (κ2) is 4.88. The van der Waals surface area contributed by atoms with E-state index in [1.807, 2.05) is 30.3 Å². The van der Waals surface area contributed by atoms with Gasteiger partial charge in [-0.25, -0.2) is 9.69 Å². The van der Waals surface area contributed by atoms with Gasteiger partial charge < -0.3 is 4.74 Å². The third kappa shape index (κ3) is 3.02. The van der Waals surface area contributed by atoms with E-state index in [4.69, 9.17) is 4.74 Å². The maximum atomic E-state index is 12.1. The predicted octanol–water partition coefficient (Wildman–Crippen LogP) is 3.06. The summed E-state index contributed by atoms with van der Waals surface area (Å²) in [5.74, 6) is -0.344. The van der Waals surface area contributed by atoms with Crippen molar-refractivity contribution in [3.63, 3.8) is 0 Å². The topological polar surface area (TPSA) is 46.6 Å². The standard InChI is InChI=1S/C15H17NO3/c1-15(2,3)19-14(18)16-12(9-10-13(16)17)11-7-5-4-6-8-11/h4-10,12H,1-3H3. The Labute approximate surface area is 112 Å². The molecule has 0 bridgehead atoms. The highest BCUT2D eigenvalue weighted by molar-refractivity contribution is 6.01. The molecule has 2 amide bonds. The van der Waals surface area contributed by atoms with Gasteiger partial charge in [0.15, 0.2) is 0 Å². The van der Waals surface area contributed by atoms with Crippen LogP contribution in [0.2, 0.25) is 0 Å². The Morgan fingerprint density at radius 2 is 1.84 bits per heavy atom. The summed E-state index contributed by atoms with van der Waals surface area (Å²) in [5.41, 5.74) is 0.261. The Morgan fingerprint density at radius 3 is 2.42 bits per heavy atom. The molecule has 1 aromatic carbocycles. The second-order valence-corrected chi connectivity index (χ2v) is 5.40. The van der Waals surface area contributed by atoms with Crippen LogP contribution in [-0.4, -0.2) is 22.5 Å². The van der Waals surface area contributed by atoms with Crippen molar-refractivity contribution in [2.24, 2.45) is 0 Å². The molecule has 4 heteroatoms. The molecule has 1 aromatic rings. The molecule has 100 valence electrons. The highest BCUT2D eigenvalue weighted by Crippen LogP contribution is 2.28. The molecular formula is C15H17NO3. The molecule has 1 aliphatic heterocycles. The van der Waals surface area contributed by atoms with Gasteiger partial charge >= 0.3 is 6.09 Å². The molecule has 4 nitrogen and oxygen atoms in total. The minimum Gasteiger partial charge on any atom is -0.443 e. The first-order chi connectivity index (χ1) is 8.88. The molecular weight excluding hydrogens is 242 g/mol. The van der Waals surface area contributed by atoms with Crippen molar-refractivity contribution >= 4 is 12.0 Å². The quantitative estimate of drug-likeness (QED) is 0.778. The second-order valence-electron chi connectivity index (χ2n) is 5.40. The van der Waals surface area contributed by atoms with E-state index in [-0.39, 0.29) is 11.9 Å². The zero-order chi connectivity index (χ0) is 14.0. The van der Waals surface area contributed by atoms with Crippen molar-refractivity contribution in [3.8, 4) is 0 Å². The van der Waals surface area contributed by atoms with Crippen LogP contribution in [0.4, 0.5) is 4.79 Å². The molecule has 0 aliphatic carbocycles.